The molecule has 3 aromatic rings. The van der Waals surface area contributed by atoms with Gasteiger partial charge in [-0.05, 0) is 53.2 Å². The minimum Gasteiger partial charge on any atom is -0.346 e. The van der Waals surface area contributed by atoms with Crippen molar-refractivity contribution in [1.29, 1.82) is 0 Å². The number of hydrogen-bond acceptors (Lipinski definition) is 3. The van der Waals surface area contributed by atoms with Crippen LogP contribution in [0, 0.1) is 0 Å². The molecule has 1 aromatic heterocycles. The average molecular weight is 447 g/mol. The number of benzene rings is 2. The topological polar surface area (TPSA) is 64.0 Å². The third-order valence-corrected chi connectivity index (χ3v) is 5.05. The number of ketones is 1. The van der Waals surface area contributed by atoms with Crippen molar-refractivity contribution in [3.63, 3.8) is 0 Å². The van der Waals surface area contributed by atoms with E-state index in [0.717, 1.165) is 10.2 Å². The molecule has 0 atom stereocenters. The number of nitrogens with zero attached hydrogens (tertiary/aromatic N) is 2. The largest absolute Gasteiger partial charge is 0.346 e. The summed E-state index contributed by atoms with van der Waals surface area (Å²) in [6, 6.07) is 13.4. The maximum Gasteiger partial charge on any atom is 0.252 e. The molecule has 0 aliphatic carbocycles. The number of carbonyl (C=O) groups is 2. The van der Waals surface area contributed by atoms with Crippen LogP contribution in [0.4, 0.5) is 0 Å². The Balaban J connectivity index is 1.82. The van der Waals surface area contributed by atoms with Crippen molar-refractivity contribution < 1.29 is 9.59 Å². The Kier molecular flexibility index (Phi) is 6.08. The molecule has 0 radical (unpaired) electrons. The van der Waals surface area contributed by atoms with E-state index in [-0.39, 0.29) is 11.7 Å². The summed E-state index contributed by atoms with van der Waals surface area (Å²) in [5, 5.41) is 7.65. The molecule has 1 amide bonds. The van der Waals surface area contributed by atoms with E-state index in [2.05, 4.69) is 26.3 Å². The number of carbonyl (C=O) groups excluding carboxylic acids is 2. The van der Waals surface area contributed by atoms with Gasteiger partial charge in [0.15, 0.2) is 5.78 Å². The van der Waals surface area contributed by atoms with E-state index in [1.165, 1.54) is 0 Å². The molecule has 7 heteroatoms. The number of aryl methyl sites for hydroxylation is 1. The summed E-state index contributed by atoms with van der Waals surface area (Å²) in [5.41, 5.74) is 2.02. The minimum atomic E-state index is -0.316. The lowest BCUT2D eigenvalue weighted by Gasteiger charge is -2.11. The summed E-state index contributed by atoms with van der Waals surface area (Å²) in [5.74, 6) is -0.541. The number of nitrogens with one attached hydrogen (secondary N) is 1. The Hall–Kier alpha value is -2.44. The van der Waals surface area contributed by atoms with Gasteiger partial charge in [0.25, 0.3) is 5.91 Å². The highest BCUT2D eigenvalue weighted by molar-refractivity contribution is 9.10. The van der Waals surface area contributed by atoms with Crippen molar-refractivity contribution in [1.82, 2.24) is 15.1 Å². The van der Waals surface area contributed by atoms with Crippen molar-refractivity contribution in [3.8, 4) is 0 Å². The predicted molar refractivity (Wildman–Crippen MR) is 108 cm³/mol. The van der Waals surface area contributed by atoms with Gasteiger partial charge in [0, 0.05) is 22.7 Å². The van der Waals surface area contributed by atoms with Gasteiger partial charge in [-0.25, -0.2) is 0 Å². The van der Waals surface area contributed by atoms with Crippen molar-refractivity contribution in [2.45, 2.75) is 20.0 Å². The molecule has 0 bridgehead atoms. The summed E-state index contributed by atoms with van der Waals surface area (Å²) in [6.45, 7) is 2.98. The Bertz CT molecular complexity index is 983. The first-order valence-electron chi connectivity index (χ1n) is 8.39. The number of rotatable bonds is 6. The monoisotopic (exact) mass is 445 g/mol. The Morgan fingerprint density at radius 3 is 2.44 bits per heavy atom. The van der Waals surface area contributed by atoms with Gasteiger partial charge in [-0.2, -0.15) is 5.10 Å². The lowest BCUT2D eigenvalue weighted by atomic mass is 9.98. The molecule has 0 saturated heterocycles. The highest BCUT2D eigenvalue weighted by atomic mass is 79.9. The van der Waals surface area contributed by atoms with Crippen LogP contribution in [0.15, 0.2) is 59.2 Å². The second-order valence-electron chi connectivity index (χ2n) is 5.82. The molecule has 27 heavy (non-hydrogen) atoms. The van der Waals surface area contributed by atoms with Gasteiger partial charge >= 0.3 is 0 Å². The smallest absolute Gasteiger partial charge is 0.252 e. The molecule has 0 saturated carbocycles. The summed E-state index contributed by atoms with van der Waals surface area (Å²) in [4.78, 5) is 25.6. The molecule has 138 valence electrons. The van der Waals surface area contributed by atoms with Crippen molar-refractivity contribution in [2.75, 3.05) is 0 Å². The number of halogens is 2. The highest BCUT2D eigenvalue weighted by Gasteiger charge is 2.18. The number of hydrogen-bond donors (Lipinski definition) is 1. The Morgan fingerprint density at radius 2 is 1.78 bits per heavy atom. The van der Waals surface area contributed by atoms with Gasteiger partial charge in [0.1, 0.15) is 0 Å². The van der Waals surface area contributed by atoms with Crippen LogP contribution >= 0.6 is 27.5 Å². The first kappa shape index (κ1) is 19.3. The number of aromatic nitrogens is 2. The SMILES string of the molecule is CCn1ncc(Br)c1CNC(=O)c1ccccc1C(=O)c1ccc(Cl)cc1. The lowest BCUT2D eigenvalue weighted by Crippen LogP contribution is -2.26. The molecule has 0 unspecified atom stereocenters. The van der Waals surface area contributed by atoms with E-state index in [4.69, 9.17) is 11.6 Å². The maximum absolute atomic E-state index is 12.8. The highest BCUT2D eigenvalue weighted by Crippen LogP contribution is 2.19. The maximum atomic E-state index is 12.8. The summed E-state index contributed by atoms with van der Waals surface area (Å²) in [6.07, 6.45) is 1.70. The molecule has 1 heterocycles. The van der Waals surface area contributed by atoms with Gasteiger partial charge in [0.2, 0.25) is 0 Å². The lowest BCUT2D eigenvalue weighted by molar-refractivity contribution is 0.0938. The van der Waals surface area contributed by atoms with Gasteiger partial charge < -0.3 is 5.32 Å². The van der Waals surface area contributed by atoms with E-state index in [9.17, 15) is 9.59 Å². The second kappa shape index (κ2) is 8.50. The molecular formula is C20H17BrClN3O2. The van der Waals surface area contributed by atoms with Crippen LogP contribution in [0.2, 0.25) is 5.02 Å². The van der Waals surface area contributed by atoms with Crippen LogP contribution in [-0.2, 0) is 13.1 Å². The molecule has 2 aromatic carbocycles. The van der Waals surface area contributed by atoms with Crippen LogP contribution in [-0.4, -0.2) is 21.5 Å². The molecule has 0 fully saturated rings. The summed E-state index contributed by atoms with van der Waals surface area (Å²) < 4.78 is 2.63. The molecular weight excluding hydrogens is 430 g/mol. The first-order chi connectivity index (χ1) is 13.0. The fourth-order valence-corrected chi connectivity index (χ4v) is 3.29. The van der Waals surface area contributed by atoms with E-state index in [1.807, 2.05) is 6.92 Å². The van der Waals surface area contributed by atoms with E-state index >= 15 is 0 Å². The normalized spacial score (nSPS) is 10.6. The zero-order valence-electron chi connectivity index (χ0n) is 14.6. The molecule has 3 rings (SSSR count). The van der Waals surface area contributed by atoms with E-state index in [0.29, 0.717) is 34.8 Å². The van der Waals surface area contributed by atoms with Crippen LogP contribution in [0.3, 0.4) is 0 Å². The van der Waals surface area contributed by atoms with Crippen molar-refractivity contribution >= 4 is 39.2 Å². The minimum absolute atomic E-state index is 0.225. The summed E-state index contributed by atoms with van der Waals surface area (Å²) >= 11 is 9.32. The zero-order chi connectivity index (χ0) is 19.4. The average Bonchev–Trinajstić information content (AvgIpc) is 3.05. The standard InChI is InChI=1S/C20H17BrClN3O2/c1-2-25-18(17(21)11-24-25)12-23-20(27)16-6-4-3-5-15(16)19(26)13-7-9-14(22)10-8-13/h3-11H,2,12H2,1H3,(H,23,27). The van der Waals surface area contributed by atoms with Crippen molar-refractivity contribution in [3.05, 3.63) is 86.6 Å². The van der Waals surface area contributed by atoms with Crippen molar-refractivity contribution in [2.24, 2.45) is 0 Å². The van der Waals surface area contributed by atoms with Crippen LogP contribution in [0.1, 0.15) is 38.9 Å². The fourth-order valence-electron chi connectivity index (χ4n) is 2.73. The van der Waals surface area contributed by atoms with Crippen LogP contribution in [0.5, 0.6) is 0 Å². The predicted octanol–water partition coefficient (Wildman–Crippen LogP) is 4.48. The fraction of sp³-hybridized carbons (Fsp3) is 0.150. The van der Waals surface area contributed by atoms with Gasteiger partial charge in [-0.1, -0.05) is 29.8 Å². The number of amides is 1. The van der Waals surface area contributed by atoms with E-state index < -0.39 is 0 Å². The van der Waals surface area contributed by atoms with Gasteiger partial charge in [-0.3, -0.25) is 14.3 Å². The molecule has 5 nitrogen and oxygen atoms in total. The molecule has 0 spiro atoms. The second-order valence-corrected chi connectivity index (χ2v) is 7.11. The molecule has 0 aliphatic rings. The van der Waals surface area contributed by atoms with Crippen LogP contribution in [0.25, 0.3) is 0 Å². The zero-order valence-corrected chi connectivity index (χ0v) is 16.9. The van der Waals surface area contributed by atoms with Gasteiger partial charge in [-0.15, -0.1) is 0 Å². The molecule has 0 aliphatic heterocycles. The Morgan fingerprint density at radius 1 is 1.11 bits per heavy atom. The van der Waals surface area contributed by atoms with E-state index in [1.54, 1.807) is 59.4 Å². The van der Waals surface area contributed by atoms with Gasteiger partial charge in [0.05, 0.1) is 28.5 Å². The third kappa shape index (κ3) is 4.28. The third-order valence-electron chi connectivity index (χ3n) is 4.14. The van der Waals surface area contributed by atoms with Crippen LogP contribution < -0.4 is 5.32 Å². The molecule has 1 N–H and O–H groups in total. The quantitative estimate of drug-likeness (QED) is 0.568. The summed E-state index contributed by atoms with van der Waals surface area (Å²) in [7, 11) is 0. The first-order valence-corrected chi connectivity index (χ1v) is 9.56. The Labute approximate surface area is 170 Å².